The molecule has 30 heavy (non-hydrogen) atoms. The molecule has 4 rings (SSSR count). The van der Waals surface area contributed by atoms with Crippen molar-refractivity contribution in [2.45, 2.75) is 23.7 Å². The Labute approximate surface area is 174 Å². The third-order valence-corrected chi connectivity index (χ3v) is 5.76. The number of thioether (sulfide) groups is 1. The molecular formula is C18H19F3N4O4S. The lowest BCUT2D eigenvalue weighted by atomic mass is 10.1. The Bertz CT molecular complexity index is 917. The molecule has 0 saturated carbocycles. The fraction of sp³-hybridized carbons (Fsp3) is 0.500. The predicted octanol–water partition coefficient (Wildman–Crippen LogP) is 2.49. The molecule has 162 valence electrons. The van der Waals surface area contributed by atoms with Crippen LogP contribution in [0.15, 0.2) is 33.1 Å². The van der Waals surface area contributed by atoms with Crippen molar-refractivity contribution < 1.29 is 32.2 Å². The van der Waals surface area contributed by atoms with E-state index in [2.05, 4.69) is 14.7 Å². The SMILES string of the molecule is CCOc1ccc2c(c1)SC1=NC(C(=O)OC)(C(F)(F)F)N=C(N3CCOCC3)N12. The highest BCUT2D eigenvalue weighted by Crippen LogP contribution is 2.48. The van der Waals surface area contributed by atoms with Gasteiger partial charge in [-0.2, -0.15) is 13.2 Å². The van der Waals surface area contributed by atoms with Gasteiger partial charge in [0.05, 0.1) is 32.6 Å². The lowest BCUT2D eigenvalue weighted by Crippen LogP contribution is -2.59. The zero-order valence-electron chi connectivity index (χ0n) is 16.2. The van der Waals surface area contributed by atoms with Gasteiger partial charge in [0.25, 0.3) is 0 Å². The van der Waals surface area contributed by atoms with Crippen molar-refractivity contribution in [2.75, 3.05) is 44.9 Å². The van der Waals surface area contributed by atoms with Crippen molar-refractivity contribution in [3.05, 3.63) is 18.2 Å². The van der Waals surface area contributed by atoms with E-state index in [1.807, 2.05) is 6.92 Å². The van der Waals surface area contributed by atoms with E-state index in [9.17, 15) is 18.0 Å². The van der Waals surface area contributed by atoms with E-state index in [0.29, 0.717) is 49.2 Å². The summed E-state index contributed by atoms with van der Waals surface area (Å²) in [5.74, 6) is -1.01. The number of rotatable bonds is 3. The summed E-state index contributed by atoms with van der Waals surface area (Å²) < 4.78 is 57.6. The van der Waals surface area contributed by atoms with Crippen LogP contribution in [0, 0.1) is 0 Å². The van der Waals surface area contributed by atoms with Crippen LogP contribution in [0.5, 0.6) is 5.75 Å². The van der Waals surface area contributed by atoms with Crippen LogP contribution in [0.1, 0.15) is 6.92 Å². The summed E-state index contributed by atoms with van der Waals surface area (Å²) in [5.41, 5.74) is -2.74. The number of methoxy groups -OCH3 is 1. The summed E-state index contributed by atoms with van der Waals surface area (Å²) in [4.78, 5) is 23.8. The van der Waals surface area contributed by atoms with Gasteiger partial charge in [0.1, 0.15) is 5.75 Å². The Hall–Kier alpha value is -2.47. The summed E-state index contributed by atoms with van der Waals surface area (Å²) in [6.07, 6.45) is -5.08. The summed E-state index contributed by atoms with van der Waals surface area (Å²) in [6, 6.07) is 5.20. The largest absolute Gasteiger partial charge is 0.494 e. The van der Waals surface area contributed by atoms with E-state index in [0.717, 1.165) is 18.9 Å². The van der Waals surface area contributed by atoms with Crippen LogP contribution in [0.2, 0.25) is 0 Å². The number of halogens is 3. The van der Waals surface area contributed by atoms with Gasteiger partial charge in [-0.25, -0.2) is 14.8 Å². The monoisotopic (exact) mass is 444 g/mol. The summed E-state index contributed by atoms with van der Waals surface area (Å²) in [6.45, 7) is 3.61. The fourth-order valence-electron chi connectivity index (χ4n) is 3.34. The lowest BCUT2D eigenvalue weighted by Gasteiger charge is -2.39. The van der Waals surface area contributed by atoms with Crippen molar-refractivity contribution in [1.29, 1.82) is 0 Å². The van der Waals surface area contributed by atoms with Gasteiger partial charge >= 0.3 is 17.8 Å². The summed E-state index contributed by atoms with van der Waals surface area (Å²) in [7, 11) is 0.886. The summed E-state index contributed by atoms with van der Waals surface area (Å²) >= 11 is 1.02. The van der Waals surface area contributed by atoms with E-state index >= 15 is 0 Å². The third kappa shape index (κ3) is 3.27. The van der Waals surface area contributed by atoms with Gasteiger partial charge in [-0.15, -0.1) is 0 Å². The number of hydrogen-bond donors (Lipinski definition) is 0. The number of alkyl halides is 3. The Morgan fingerprint density at radius 1 is 1.30 bits per heavy atom. The average Bonchev–Trinajstić information content (AvgIpc) is 3.09. The first-order valence-corrected chi connectivity index (χ1v) is 10.0. The van der Waals surface area contributed by atoms with Gasteiger partial charge in [0.15, 0.2) is 5.17 Å². The van der Waals surface area contributed by atoms with E-state index in [1.165, 1.54) is 4.90 Å². The van der Waals surface area contributed by atoms with Crippen LogP contribution >= 0.6 is 11.8 Å². The number of amidine groups is 1. The number of fused-ring (bicyclic) bond motifs is 3. The van der Waals surface area contributed by atoms with Crippen molar-refractivity contribution in [3.63, 3.8) is 0 Å². The number of carbonyl (C=O) groups excluding carboxylic acids is 1. The number of benzene rings is 1. The van der Waals surface area contributed by atoms with E-state index in [1.54, 1.807) is 23.1 Å². The first-order valence-electron chi connectivity index (χ1n) is 9.23. The average molecular weight is 444 g/mol. The number of carbonyl (C=O) groups is 1. The van der Waals surface area contributed by atoms with Gasteiger partial charge < -0.3 is 19.1 Å². The van der Waals surface area contributed by atoms with Crippen LogP contribution in [0.3, 0.4) is 0 Å². The van der Waals surface area contributed by atoms with Gasteiger partial charge in [-0.3, -0.25) is 4.90 Å². The molecule has 1 unspecified atom stereocenters. The molecule has 0 aromatic heterocycles. The highest BCUT2D eigenvalue weighted by Gasteiger charge is 2.66. The highest BCUT2D eigenvalue weighted by molar-refractivity contribution is 8.15. The minimum atomic E-state index is -5.08. The number of aliphatic imine (C=N–C) groups is 2. The highest BCUT2D eigenvalue weighted by atomic mass is 32.2. The van der Waals surface area contributed by atoms with Crippen LogP contribution in [0.4, 0.5) is 18.9 Å². The molecule has 1 aromatic carbocycles. The number of anilines is 1. The molecule has 0 radical (unpaired) electrons. The number of esters is 1. The topological polar surface area (TPSA) is 76.0 Å². The maximum Gasteiger partial charge on any atom is 0.446 e. The zero-order valence-corrected chi connectivity index (χ0v) is 17.0. The second-order valence-electron chi connectivity index (χ2n) is 6.57. The van der Waals surface area contributed by atoms with E-state index < -0.39 is 17.8 Å². The minimum Gasteiger partial charge on any atom is -0.494 e. The number of morpholine rings is 1. The minimum absolute atomic E-state index is 0.00198. The first kappa shape index (κ1) is 20.8. The Morgan fingerprint density at radius 2 is 2.03 bits per heavy atom. The van der Waals surface area contributed by atoms with Gasteiger partial charge in [-0.05, 0) is 36.9 Å². The molecule has 1 atom stereocenters. The lowest BCUT2D eigenvalue weighted by molar-refractivity contribution is -0.201. The van der Waals surface area contributed by atoms with E-state index in [4.69, 9.17) is 9.47 Å². The molecule has 3 aliphatic heterocycles. The quantitative estimate of drug-likeness (QED) is 0.663. The van der Waals surface area contributed by atoms with E-state index in [-0.39, 0.29) is 11.1 Å². The Morgan fingerprint density at radius 3 is 2.67 bits per heavy atom. The third-order valence-electron chi connectivity index (χ3n) is 4.75. The van der Waals surface area contributed by atoms with Crippen molar-refractivity contribution in [1.82, 2.24) is 4.90 Å². The maximum absolute atomic E-state index is 14.1. The molecule has 0 bridgehead atoms. The molecule has 3 aliphatic rings. The van der Waals surface area contributed by atoms with Gasteiger partial charge in [0.2, 0.25) is 5.96 Å². The van der Waals surface area contributed by atoms with Crippen molar-refractivity contribution >= 4 is 34.5 Å². The standard InChI is InChI=1S/C18H19F3N4O4S/c1-3-29-11-4-5-12-13(10-11)30-16-23-17(14(26)27-2,18(19,20)21)22-15(25(12)16)24-6-8-28-9-7-24/h4-5,10H,3,6-9H2,1-2H3. The fourth-order valence-corrected chi connectivity index (χ4v) is 4.42. The predicted molar refractivity (Wildman–Crippen MR) is 104 cm³/mol. The smallest absolute Gasteiger partial charge is 0.446 e. The van der Waals surface area contributed by atoms with Crippen LogP contribution in [0.25, 0.3) is 0 Å². The normalized spacial score (nSPS) is 23.4. The molecule has 1 saturated heterocycles. The Balaban J connectivity index is 1.87. The molecule has 8 nitrogen and oxygen atoms in total. The number of nitrogens with zero attached hydrogens (tertiary/aromatic N) is 4. The maximum atomic E-state index is 14.1. The second kappa shape index (κ2) is 7.65. The van der Waals surface area contributed by atoms with Crippen LogP contribution in [-0.4, -0.2) is 73.9 Å². The molecular weight excluding hydrogens is 425 g/mol. The van der Waals surface area contributed by atoms with Crippen LogP contribution in [-0.2, 0) is 14.3 Å². The van der Waals surface area contributed by atoms with Crippen molar-refractivity contribution in [2.24, 2.45) is 9.98 Å². The molecule has 0 amide bonds. The first-order chi connectivity index (χ1) is 14.3. The Kier molecular flexibility index (Phi) is 5.30. The van der Waals surface area contributed by atoms with Gasteiger partial charge in [-0.1, -0.05) is 0 Å². The molecule has 0 N–H and O–H groups in total. The molecule has 12 heteroatoms. The molecule has 0 aliphatic carbocycles. The number of hydrogen-bond acceptors (Lipinski definition) is 9. The zero-order chi connectivity index (χ0) is 21.5. The number of ether oxygens (including phenoxy) is 3. The van der Waals surface area contributed by atoms with Crippen molar-refractivity contribution in [3.8, 4) is 5.75 Å². The molecule has 0 spiro atoms. The molecule has 1 aromatic rings. The number of guanidine groups is 1. The molecule has 1 fully saturated rings. The summed E-state index contributed by atoms with van der Waals surface area (Å²) in [5, 5.41) is -0.00198. The van der Waals surface area contributed by atoms with Gasteiger partial charge in [0, 0.05) is 18.0 Å². The van der Waals surface area contributed by atoms with Crippen LogP contribution < -0.4 is 9.64 Å². The second-order valence-corrected chi connectivity index (χ2v) is 7.58. The molecule has 3 heterocycles.